The van der Waals surface area contributed by atoms with Crippen molar-refractivity contribution in [3.63, 3.8) is 0 Å². The number of aromatic nitrogens is 1. The molecule has 19 heavy (non-hydrogen) atoms. The van der Waals surface area contributed by atoms with Gasteiger partial charge in [-0.05, 0) is 19.1 Å². The molecule has 0 aliphatic carbocycles. The number of hydrogen-bond donors (Lipinski definition) is 1. The fourth-order valence-electron chi connectivity index (χ4n) is 2.27. The first-order chi connectivity index (χ1) is 9.13. The first-order valence-electron chi connectivity index (χ1n) is 6.23. The van der Waals surface area contributed by atoms with E-state index in [1.807, 2.05) is 36.1 Å². The number of carbonyl (C=O) groups is 1. The lowest BCUT2D eigenvalue weighted by Crippen LogP contribution is -2.35. The molecule has 0 fully saturated rings. The van der Waals surface area contributed by atoms with Gasteiger partial charge in [0.1, 0.15) is 0 Å². The van der Waals surface area contributed by atoms with Crippen LogP contribution < -0.4 is 5.73 Å². The summed E-state index contributed by atoms with van der Waals surface area (Å²) in [7, 11) is 0. The lowest BCUT2D eigenvalue weighted by atomic mass is 10.1. The van der Waals surface area contributed by atoms with Gasteiger partial charge < -0.3 is 10.6 Å². The van der Waals surface area contributed by atoms with Crippen molar-refractivity contribution in [3.8, 4) is 0 Å². The van der Waals surface area contributed by atoms with Crippen molar-refractivity contribution in [1.82, 2.24) is 9.88 Å². The van der Waals surface area contributed by atoms with Crippen LogP contribution in [0.1, 0.15) is 26.5 Å². The zero-order valence-electron chi connectivity index (χ0n) is 10.7. The molecule has 2 heterocycles. The number of rotatable bonds is 1. The minimum absolute atomic E-state index is 0.0811. The van der Waals surface area contributed by atoms with Crippen molar-refractivity contribution in [2.45, 2.75) is 19.9 Å². The average molecular weight is 273 g/mol. The van der Waals surface area contributed by atoms with Gasteiger partial charge in [0, 0.05) is 23.4 Å². The van der Waals surface area contributed by atoms with Gasteiger partial charge in [-0.3, -0.25) is 4.79 Å². The van der Waals surface area contributed by atoms with Gasteiger partial charge >= 0.3 is 0 Å². The number of anilines is 1. The van der Waals surface area contributed by atoms with E-state index < -0.39 is 0 Å². The topological polar surface area (TPSA) is 59.2 Å². The maximum atomic E-state index is 12.4. The van der Waals surface area contributed by atoms with E-state index in [-0.39, 0.29) is 5.91 Å². The Labute approximate surface area is 115 Å². The lowest BCUT2D eigenvalue weighted by molar-refractivity contribution is 0.0736. The molecule has 0 unspecified atom stereocenters. The lowest BCUT2D eigenvalue weighted by Gasteiger charge is -2.26. The van der Waals surface area contributed by atoms with E-state index in [0.29, 0.717) is 18.2 Å². The maximum absolute atomic E-state index is 12.4. The number of nitrogen functional groups attached to an aromatic ring is 1. The predicted molar refractivity (Wildman–Crippen MR) is 76.1 cm³/mol. The van der Waals surface area contributed by atoms with E-state index in [9.17, 15) is 4.79 Å². The molecule has 0 bridgehead atoms. The third-order valence-electron chi connectivity index (χ3n) is 3.33. The van der Waals surface area contributed by atoms with Crippen molar-refractivity contribution in [2.75, 3.05) is 12.3 Å². The van der Waals surface area contributed by atoms with E-state index in [1.54, 1.807) is 0 Å². The van der Waals surface area contributed by atoms with Gasteiger partial charge in [0.25, 0.3) is 5.91 Å². The van der Waals surface area contributed by atoms with Crippen LogP contribution in [0.2, 0.25) is 0 Å². The molecule has 0 atom stereocenters. The Morgan fingerprint density at radius 1 is 1.37 bits per heavy atom. The third-order valence-corrected chi connectivity index (χ3v) is 4.25. The van der Waals surface area contributed by atoms with E-state index in [0.717, 1.165) is 28.1 Å². The highest BCUT2D eigenvalue weighted by Crippen LogP contribution is 2.27. The normalized spacial score (nSPS) is 14.3. The Morgan fingerprint density at radius 2 is 2.11 bits per heavy atom. The van der Waals surface area contributed by atoms with E-state index in [2.05, 4.69) is 4.98 Å². The second kappa shape index (κ2) is 4.66. The van der Waals surface area contributed by atoms with Crippen LogP contribution in [0.5, 0.6) is 0 Å². The first-order valence-corrected chi connectivity index (χ1v) is 7.05. The monoisotopic (exact) mass is 273 g/mol. The number of nitrogens with two attached hydrogens (primary N) is 1. The second-order valence-electron chi connectivity index (χ2n) is 4.76. The van der Waals surface area contributed by atoms with Crippen LogP contribution in [0.15, 0.2) is 24.3 Å². The molecular formula is C14H15N3OS. The molecule has 4 nitrogen and oxygen atoms in total. The van der Waals surface area contributed by atoms with Crippen LogP contribution >= 0.6 is 11.3 Å². The van der Waals surface area contributed by atoms with Gasteiger partial charge in [-0.25, -0.2) is 4.98 Å². The summed E-state index contributed by atoms with van der Waals surface area (Å²) in [6, 6.07) is 7.70. The molecule has 2 N–H and O–H groups in total. The number of hydrogen-bond acceptors (Lipinski definition) is 4. The summed E-state index contributed by atoms with van der Waals surface area (Å²) in [5.74, 6) is 0.0811. The minimum atomic E-state index is 0.0811. The van der Waals surface area contributed by atoms with Crippen LogP contribution in [0.25, 0.3) is 0 Å². The number of amides is 1. The fourth-order valence-corrected chi connectivity index (χ4v) is 3.16. The van der Waals surface area contributed by atoms with Gasteiger partial charge in [0.05, 0.1) is 12.2 Å². The van der Waals surface area contributed by atoms with Crippen molar-refractivity contribution in [1.29, 1.82) is 0 Å². The summed E-state index contributed by atoms with van der Waals surface area (Å²) in [6.07, 6.45) is 0.792. The average Bonchev–Trinajstić information content (AvgIpc) is 2.77. The number of fused-ring (bicyclic) bond motifs is 1. The molecule has 1 amide bonds. The molecule has 3 rings (SSSR count). The smallest absolute Gasteiger partial charge is 0.254 e. The zero-order chi connectivity index (χ0) is 13.4. The fraction of sp³-hybridized carbons (Fsp3) is 0.286. The Morgan fingerprint density at radius 3 is 2.84 bits per heavy atom. The largest absolute Gasteiger partial charge is 0.375 e. The molecule has 0 spiro atoms. The van der Waals surface area contributed by atoms with Gasteiger partial charge in [-0.1, -0.05) is 17.7 Å². The van der Waals surface area contributed by atoms with Crippen LogP contribution in [-0.2, 0) is 13.0 Å². The quantitative estimate of drug-likeness (QED) is 0.866. The molecule has 98 valence electrons. The summed E-state index contributed by atoms with van der Waals surface area (Å²) in [6.45, 7) is 3.35. The molecule has 1 aromatic carbocycles. The molecular weight excluding hydrogens is 258 g/mol. The highest BCUT2D eigenvalue weighted by atomic mass is 32.1. The number of aryl methyl sites for hydroxylation is 1. The Balaban J connectivity index is 1.81. The zero-order valence-corrected chi connectivity index (χ0v) is 11.5. The summed E-state index contributed by atoms with van der Waals surface area (Å²) in [5.41, 5.74) is 8.67. The number of thiazole rings is 1. The molecule has 1 aliphatic heterocycles. The summed E-state index contributed by atoms with van der Waals surface area (Å²) < 4.78 is 0. The first kappa shape index (κ1) is 12.2. The van der Waals surface area contributed by atoms with Crippen molar-refractivity contribution < 1.29 is 4.79 Å². The van der Waals surface area contributed by atoms with Crippen LogP contribution in [-0.4, -0.2) is 22.3 Å². The van der Waals surface area contributed by atoms with Gasteiger partial charge in [0.15, 0.2) is 5.13 Å². The van der Waals surface area contributed by atoms with Crippen LogP contribution in [0.3, 0.4) is 0 Å². The predicted octanol–water partition coefficient (Wildman–Crippen LogP) is 2.23. The standard InChI is InChI=1S/C14H15N3OS/c1-9-2-4-10(5-3-9)13(18)17-7-6-11-12(8-17)19-14(15)16-11/h2-5H,6-8H2,1H3,(H2,15,16). The Hall–Kier alpha value is -1.88. The second-order valence-corrected chi connectivity index (χ2v) is 5.88. The van der Waals surface area contributed by atoms with E-state index in [4.69, 9.17) is 5.73 Å². The maximum Gasteiger partial charge on any atom is 0.254 e. The SMILES string of the molecule is Cc1ccc(C(=O)N2CCc3nc(N)sc3C2)cc1. The highest BCUT2D eigenvalue weighted by molar-refractivity contribution is 7.15. The summed E-state index contributed by atoms with van der Waals surface area (Å²) >= 11 is 1.48. The molecule has 1 aliphatic rings. The van der Waals surface area contributed by atoms with Crippen LogP contribution in [0, 0.1) is 6.92 Å². The van der Waals surface area contributed by atoms with E-state index in [1.165, 1.54) is 11.3 Å². The van der Waals surface area contributed by atoms with Crippen molar-refractivity contribution in [2.24, 2.45) is 0 Å². The Bertz CT molecular complexity index is 618. The summed E-state index contributed by atoms with van der Waals surface area (Å²) in [4.78, 5) is 19.7. The van der Waals surface area contributed by atoms with Crippen molar-refractivity contribution >= 4 is 22.4 Å². The van der Waals surface area contributed by atoms with Crippen LogP contribution in [0.4, 0.5) is 5.13 Å². The van der Waals surface area contributed by atoms with Gasteiger partial charge in [0.2, 0.25) is 0 Å². The molecule has 5 heteroatoms. The third kappa shape index (κ3) is 2.33. The summed E-state index contributed by atoms with van der Waals surface area (Å²) in [5, 5.41) is 0.592. The number of benzene rings is 1. The molecule has 2 aromatic rings. The Kier molecular flexibility index (Phi) is 2.98. The molecule has 1 aromatic heterocycles. The minimum Gasteiger partial charge on any atom is -0.375 e. The molecule has 0 saturated heterocycles. The molecule has 0 saturated carbocycles. The van der Waals surface area contributed by atoms with E-state index >= 15 is 0 Å². The van der Waals surface area contributed by atoms with Crippen molar-refractivity contribution in [3.05, 3.63) is 46.0 Å². The highest BCUT2D eigenvalue weighted by Gasteiger charge is 2.24. The number of nitrogens with zero attached hydrogens (tertiary/aromatic N) is 2. The van der Waals surface area contributed by atoms with Gasteiger partial charge in [-0.2, -0.15) is 0 Å². The number of carbonyl (C=O) groups excluding carboxylic acids is 1. The molecule has 0 radical (unpaired) electrons. The van der Waals surface area contributed by atoms with Gasteiger partial charge in [-0.15, -0.1) is 11.3 Å².